The first kappa shape index (κ1) is 23.9. The van der Waals surface area contributed by atoms with Gasteiger partial charge in [-0.25, -0.2) is 0 Å². The molecular weight excluding hydrogens is 544 g/mol. The summed E-state index contributed by atoms with van der Waals surface area (Å²) in [6.45, 7) is 0.319. The van der Waals surface area contributed by atoms with Gasteiger partial charge in [0.25, 0.3) is 0 Å². The summed E-state index contributed by atoms with van der Waals surface area (Å²) in [6, 6.07) is 17.9. The molecule has 0 radical (unpaired) electrons. The number of para-hydroxylation sites is 1. The smallest absolute Gasteiger partial charge is 0.236 e. The predicted octanol–water partition coefficient (Wildman–Crippen LogP) is 5.05. The number of hydrogen-bond acceptors (Lipinski definition) is 9. The zero-order chi connectivity index (χ0) is 23.0. The Balaban J connectivity index is 1.34. The fourth-order valence-electron chi connectivity index (χ4n) is 2.83. The Hall–Kier alpha value is -2.25. The van der Waals surface area contributed by atoms with E-state index in [9.17, 15) is 4.79 Å². The molecule has 0 bridgehead atoms. The van der Waals surface area contributed by atoms with Crippen LogP contribution in [0.2, 0.25) is 0 Å². The summed E-state index contributed by atoms with van der Waals surface area (Å²) in [5, 5.41) is 20.6. The maximum absolute atomic E-state index is 12.5. The van der Waals surface area contributed by atoms with E-state index in [-0.39, 0.29) is 11.7 Å². The molecule has 2 heterocycles. The molecular formula is C21H19BrN6O2S3. The standard InChI is InChI=1S/C21H19BrN6O2S3/c1-30-11-17-24-26-20(28(17)16-8-3-2-4-9-16)31-13-18(29)23-19-25-27-21(33-19)32-12-14-6-5-7-15(22)10-14/h2-10H,11-13H2,1H3,(H,23,25,29). The molecule has 170 valence electrons. The van der Waals surface area contributed by atoms with Crippen LogP contribution >= 0.6 is 50.8 Å². The van der Waals surface area contributed by atoms with Gasteiger partial charge in [0.1, 0.15) is 6.61 Å². The molecule has 4 aromatic rings. The Labute approximate surface area is 211 Å². The van der Waals surface area contributed by atoms with E-state index in [0.717, 1.165) is 20.3 Å². The largest absolute Gasteiger partial charge is 0.377 e. The molecule has 0 aliphatic heterocycles. The summed E-state index contributed by atoms with van der Waals surface area (Å²) >= 11 is 7.71. The van der Waals surface area contributed by atoms with Crippen molar-refractivity contribution in [1.29, 1.82) is 0 Å². The average Bonchev–Trinajstić information content (AvgIpc) is 3.44. The maximum atomic E-state index is 12.5. The molecule has 0 unspecified atom stereocenters. The molecule has 1 N–H and O–H groups in total. The summed E-state index contributed by atoms with van der Waals surface area (Å²) in [7, 11) is 1.61. The number of carbonyl (C=O) groups is 1. The van der Waals surface area contributed by atoms with Gasteiger partial charge in [-0.05, 0) is 29.8 Å². The summed E-state index contributed by atoms with van der Waals surface area (Å²) in [6.07, 6.45) is 0. The van der Waals surface area contributed by atoms with Crippen molar-refractivity contribution in [3.05, 3.63) is 70.5 Å². The molecule has 2 aromatic carbocycles. The minimum absolute atomic E-state index is 0.165. The number of nitrogens with one attached hydrogen (secondary N) is 1. The molecule has 0 fully saturated rings. The van der Waals surface area contributed by atoms with Crippen molar-refractivity contribution in [3.8, 4) is 5.69 Å². The third kappa shape index (κ3) is 6.64. The lowest BCUT2D eigenvalue weighted by Crippen LogP contribution is -2.14. The number of carbonyl (C=O) groups excluding carboxylic acids is 1. The van der Waals surface area contributed by atoms with Crippen molar-refractivity contribution in [1.82, 2.24) is 25.0 Å². The van der Waals surface area contributed by atoms with Crippen molar-refractivity contribution in [3.63, 3.8) is 0 Å². The number of methoxy groups -OCH3 is 1. The van der Waals surface area contributed by atoms with Gasteiger partial charge in [0.15, 0.2) is 15.3 Å². The van der Waals surface area contributed by atoms with E-state index in [4.69, 9.17) is 4.74 Å². The van der Waals surface area contributed by atoms with Crippen LogP contribution in [-0.4, -0.2) is 43.7 Å². The topological polar surface area (TPSA) is 94.8 Å². The van der Waals surface area contributed by atoms with Crippen LogP contribution in [0.25, 0.3) is 5.69 Å². The number of nitrogens with zero attached hydrogens (tertiary/aromatic N) is 5. The second-order valence-corrected chi connectivity index (χ2v) is 10.7. The van der Waals surface area contributed by atoms with Gasteiger partial charge in [0, 0.05) is 23.0 Å². The number of benzene rings is 2. The second kappa shape index (κ2) is 11.7. The highest BCUT2D eigenvalue weighted by Crippen LogP contribution is 2.29. The Morgan fingerprint density at radius 2 is 1.94 bits per heavy atom. The molecule has 33 heavy (non-hydrogen) atoms. The first-order valence-electron chi connectivity index (χ1n) is 9.74. The predicted molar refractivity (Wildman–Crippen MR) is 135 cm³/mol. The van der Waals surface area contributed by atoms with Gasteiger partial charge in [-0.1, -0.05) is 81.1 Å². The fourth-order valence-corrected chi connectivity index (χ4v) is 5.76. The number of halogens is 1. The van der Waals surface area contributed by atoms with Crippen LogP contribution in [-0.2, 0) is 21.9 Å². The van der Waals surface area contributed by atoms with Crippen molar-refractivity contribution < 1.29 is 9.53 Å². The number of aromatic nitrogens is 5. The van der Waals surface area contributed by atoms with Gasteiger partial charge in [-0.15, -0.1) is 20.4 Å². The Bertz CT molecular complexity index is 1220. The number of ether oxygens (including phenoxy) is 1. The third-order valence-corrected chi connectivity index (χ3v) is 7.69. The van der Waals surface area contributed by atoms with Crippen LogP contribution in [0.4, 0.5) is 5.13 Å². The number of amides is 1. The normalized spacial score (nSPS) is 11.0. The Morgan fingerprint density at radius 3 is 2.73 bits per heavy atom. The van der Waals surface area contributed by atoms with E-state index in [1.807, 2.05) is 47.0 Å². The summed E-state index contributed by atoms with van der Waals surface area (Å²) < 4.78 is 8.97. The minimum Gasteiger partial charge on any atom is -0.377 e. The molecule has 12 heteroatoms. The highest BCUT2D eigenvalue weighted by Gasteiger charge is 2.16. The first-order valence-corrected chi connectivity index (χ1v) is 13.3. The summed E-state index contributed by atoms with van der Waals surface area (Å²) in [5.41, 5.74) is 2.09. The van der Waals surface area contributed by atoms with Gasteiger partial charge in [-0.2, -0.15) is 0 Å². The van der Waals surface area contributed by atoms with E-state index in [0.29, 0.717) is 22.7 Å². The zero-order valence-corrected chi connectivity index (χ0v) is 21.5. The van der Waals surface area contributed by atoms with Gasteiger partial charge in [0.2, 0.25) is 11.0 Å². The van der Waals surface area contributed by atoms with Crippen LogP contribution in [0, 0.1) is 0 Å². The molecule has 0 spiro atoms. The van der Waals surface area contributed by atoms with Crippen LogP contribution < -0.4 is 5.32 Å². The Kier molecular flexibility index (Phi) is 8.51. The van der Waals surface area contributed by atoms with E-state index in [1.165, 1.54) is 28.7 Å². The number of anilines is 1. The number of rotatable bonds is 10. The molecule has 8 nitrogen and oxygen atoms in total. The lowest BCUT2D eigenvalue weighted by molar-refractivity contribution is -0.113. The Morgan fingerprint density at radius 1 is 1.09 bits per heavy atom. The molecule has 0 saturated carbocycles. The molecule has 0 aliphatic carbocycles. The molecule has 4 rings (SSSR count). The number of hydrogen-bond donors (Lipinski definition) is 1. The molecule has 2 aromatic heterocycles. The molecule has 0 saturated heterocycles. The third-order valence-electron chi connectivity index (χ3n) is 4.22. The summed E-state index contributed by atoms with van der Waals surface area (Å²) in [4.78, 5) is 12.5. The van der Waals surface area contributed by atoms with Gasteiger partial charge in [0.05, 0.1) is 5.75 Å². The lowest BCUT2D eigenvalue weighted by Gasteiger charge is -2.09. The van der Waals surface area contributed by atoms with Crippen LogP contribution in [0.15, 0.2) is 68.6 Å². The quantitative estimate of drug-likeness (QED) is 0.212. The van der Waals surface area contributed by atoms with E-state index in [1.54, 1.807) is 18.9 Å². The highest BCUT2D eigenvalue weighted by molar-refractivity contribution is 9.10. The van der Waals surface area contributed by atoms with E-state index in [2.05, 4.69) is 53.8 Å². The van der Waals surface area contributed by atoms with E-state index < -0.39 is 0 Å². The molecule has 0 atom stereocenters. The van der Waals surface area contributed by atoms with Crippen molar-refractivity contribution in [2.75, 3.05) is 18.2 Å². The lowest BCUT2D eigenvalue weighted by atomic mass is 10.2. The van der Waals surface area contributed by atoms with E-state index >= 15 is 0 Å². The van der Waals surface area contributed by atoms with Crippen molar-refractivity contribution >= 4 is 61.8 Å². The molecule has 1 amide bonds. The highest BCUT2D eigenvalue weighted by atomic mass is 79.9. The van der Waals surface area contributed by atoms with Crippen LogP contribution in [0.1, 0.15) is 11.4 Å². The van der Waals surface area contributed by atoms with Crippen molar-refractivity contribution in [2.45, 2.75) is 21.9 Å². The maximum Gasteiger partial charge on any atom is 0.236 e. The first-order chi connectivity index (χ1) is 16.1. The summed E-state index contributed by atoms with van der Waals surface area (Å²) in [5.74, 6) is 1.42. The SMILES string of the molecule is COCc1nnc(SCC(=O)Nc2nnc(SCc3cccc(Br)c3)s2)n1-c1ccccc1. The zero-order valence-electron chi connectivity index (χ0n) is 17.5. The number of thioether (sulfide) groups is 2. The van der Waals surface area contributed by atoms with Crippen LogP contribution in [0.5, 0.6) is 0 Å². The van der Waals surface area contributed by atoms with Gasteiger partial charge >= 0.3 is 0 Å². The average molecular weight is 564 g/mol. The van der Waals surface area contributed by atoms with Crippen LogP contribution in [0.3, 0.4) is 0 Å². The molecule has 0 aliphatic rings. The van der Waals surface area contributed by atoms with Gasteiger partial charge < -0.3 is 4.74 Å². The van der Waals surface area contributed by atoms with Gasteiger partial charge in [-0.3, -0.25) is 14.7 Å². The minimum atomic E-state index is -0.185. The van der Waals surface area contributed by atoms with Crippen molar-refractivity contribution in [2.24, 2.45) is 0 Å². The fraction of sp³-hybridized carbons (Fsp3) is 0.190. The second-order valence-electron chi connectivity index (χ2n) is 6.63. The monoisotopic (exact) mass is 562 g/mol.